The van der Waals surface area contributed by atoms with Crippen LogP contribution in [0.5, 0.6) is 5.75 Å². The summed E-state index contributed by atoms with van der Waals surface area (Å²) in [5.74, 6) is 0.371. The zero-order valence-electron chi connectivity index (χ0n) is 15.8. The maximum atomic E-state index is 12.4. The van der Waals surface area contributed by atoms with Crippen LogP contribution in [0.4, 0.5) is 0 Å². The van der Waals surface area contributed by atoms with Gasteiger partial charge in [-0.15, -0.1) is 0 Å². The number of carbonyl (C=O) groups excluding carboxylic acids is 1. The van der Waals surface area contributed by atoms with Gasteiger partial charge in [0.25, 0.3) is 0 Å². The van der Waals surface area contributed by atoms with E-state index in [1.165, 1.54) is 6.07 Å². The molecule has 4 rings (SSSR count). The second kappa shape index (κ2) is 7.11. The van der Waals surface area contributed by atoms with E-state index in [0.717, 1.165) is 16.6 Å². The standard InChI is InChI=1S/C22H21NO5/c1-22(2)19(27-21(25)9-7-16-5-3-4-10-23-16)12-15-11-14-6-8-20(24)26-17(14)13-18(15)28-22/h3-6,8,10-11,13,19H,7,9,12H2,1-2H3/t19-/m0/s1. The summed E-state index contributed by atoms with van der Waals surface area (Å²) in [5, 5.41) is 0.807. The topological polar surface area (TPSA) is 78.6 Å². The molecule has 0 spiro atoms. The van der Waals surface area contributed by atoms with Crippen LogP contribution in [-0.2, 0) is 22.4 Å². The van der Waals surface area contributed by atoms with Gasteiger partial charge in [-0.05, 0) is 43.7 Å². The number of aromatic nitrogens is 1. The number of pyridine rings is 1. The summed E-state index contributed by atoms with van der Waals surface area (Å²) >= 11 is 0. The van der Waals surface area contributed by atoms with Gasteiger partial charge in [-0.3, -0.25) is 9.78 Å². The molecule has 3 heterocycles. The molecular formula is C22H21NO5. The van der Waals surface area contributed by atoms with Gasteiger partial charge >= 0.3 is 11.6 Å². The van der Waals surface area contributed by atoms with Gasteiger partial charge < -0.3 is 13.9 Å². The van der Waals surface area contributed by atoms with Crippen LogP contribution in [0, 0.1) is 0 Å². The number of nitrogens with zero attached hydrogens (tertiary/aromatic N) is 1. The average molecular weight is 379 g/mol. The van der Waals surface area contributed by atoms with Crippen molar-refractivity contribution < 1.29 is 18.7 Å². The van der Waals surface area contributed by atoms with E-state index in [-0.39, 0.29) is 12.4 Å². The van der Waals surface area contributed by atoms with Crippen molar-refractivity contribution in [2.45, 2.75) is 44.8 Å². The number of hydrogen-bond acceptors (Lipinski definition) is 6. The molecule has 0 bridgehead atoms. The second-order valence-corrected chi connectivity index (χ2v) is 7.46. The maximum Gasteiger partial charge on any atom is 0.336 e. The lowest BCUT2D eigenvalue weighted by Gasteiger charge is -2.39. The number of carbonyl (C=O) groups is 1. The maximum absolute atomic E-state index is 12.4. The Labute approximate surface area is 162 Å². The smallest absolute Gasteiger partial charge is 0.336 e. The third-order valence-electron chi connectivity index (χ3n) is 4.94. The highest BCUT2D eigenvalue weighted by atomic mass is 16.6. The molecule has 2 aromatic heterocycles. The van der Waals surface area contributed by atoms with Crippen molar-refractivity contribution in [3.63, 3.8) is 0 Å². The minimum absolute atomic E-state index is 0.263. The zero-order chi connectivity index (χ0) is 19.7. The van der Waals surface area contributed by atoms with Gasteiger partial charge in [0.2, 0.25) is 0 Å². The quantitative estimate of drug-likeness (QED) is 0.510. The molecule has 0 saturated carbocycles. The Hall–Kier alpha value is -3.15. The number of rotatable bonds is 4. The molecular weight excluding hydrogens is 358 g/mol. The van der Waals surface area contributed by atoms with Crippen LogP contribution in [-0.4, -0.2) is 22.7 Å². The summed E-state index contributed by atoms with van der Waals surface area (Å²) in [4.78, 5) is 28.1. The fraction of sp³-hybridized carbons (Fsp3) is 0.318. The van der Waals surface area contributed by atoms with Gasteiger partial charge in [0.05, 0.1) is 6.42 Å². The molecule has 144 valence electrons. The summed E-state index contributed by atoms with van der Waals surface area (Å²) in [7, 11) is 0. The normalized spacial score (nSPS) is 17.6. The molecule has 0 amide bonds. The largest absolute Gasteiger partial charge is 0.484 e. The SMILES string of the molecule is CC1(C)Oc2cc3oc(=O)ccc3cc2C[C@@H]1OC(=O)CCc1ccccn1. The highest BCUT2D eigenvalue weighted by Crippen LogP contribution is 2.37. The Morgan fingerprint density at radius 2 is 2.11 bits per heavy atom. The van der Waals surface area contributed by atoms with Crippen LogP contribution >= 0.6 is 0 Å². The molecule has 3 aromatic rings. The fourth-order valence-corrected chi connectivity index (χ4v) is 3.37. The highest BCUT2D eigenvalue weighted by molar-refractivity contribution is 5.79. The van der Waals surface area contributed by atoms with Gasteiger partial charge in [-0.2, -0.15) is 0 Å². The van der Waals surface area contributed by atoms with Gasteiger partial charge in [0.1, 0.15) is 23.0 Å². The molecule has 6 heteroatoms. The molecule has 0 N–H and O–H groups in total. The van der Waals surface area contributed by atoms with Crippen LogP contribution in [0.15, 0.2) is 57.9 Å². The number of hydrogen-bond donors (Lipinski definition) is 0. The first kappa shape index (κ1) is 18.2. The van der Waals surface area contributed by atoms with E-state index in [0.29, 0.717) is 24.2 Å². The molecule has 0 saturated heterocycles. The van der Waals surface area contributed by atoms with Crippen LogP contribution < -0.4 is 10.4 Å². The van der Waals surface area contributed by atoms with Crippen LogP contribution in [0.3, 0.4) is 0 Å². The van der Waals surface area contributed by atoms with Crippen molar-refractivity contribution in [3.05, 3.63) is 70.3 Å². The van der Waals surface area contributed by atoms with Gasteiger partial charge in [-0.25, -0.2) is 4.79 Å². The summed E-state index contributed by atoms with van der Waals surface area (Å²) in [6.07, 6.45) is 2.63. The first-order valence-electron chi connectivity index (χ1n) is 9.26. The molecule has 0 radical (unpaired) electrons. The molecule has 0 unspecified atom stereocenters. The third-order valence-corrected chi connectivity index (χ3v) is 4.94. The second-order valence-electron chi connectivity index (χ2n) is 7.46. The average Bonchev–Trinajstić information content (AvgIpc) is 2.66. The van der Waals surface area contributed by atoms with E-state index in [9.17, 15) is 9.59 Å². The van der Waals surface area contributed by atoms with Crippen LogP contribution in [0.25, 0.3) is 11.0 Å². The van der Waals surface area contributed by atoms with E-state index < -0.39 is 17.3 Å². The Balaban J connectivity index is 1.50. The number of ether oxygens (including phenoxy) is 2. The first-order chi connectivity index (χ1) is 13.4. The lowest BCUT2D eigenvalue weighted by atomic mass is 9.90. The molecule has 1 atom stereocenters. The summed E-state index contributed by atoms with van der Waals surface area (Å²) in [6.45, 7) is 3.77. The Kier molecular flexibility index (Phi) is 4.63. The van der Waals surface area contributed by atoms with Crippen molar-refractivity contribution in [1.29, 1.82) is 0 Å². The van der Waals surface area contributed by atoms with Gasteiger partial charge in [0, 0.05) is 42.3 Å². The summed E-state index contributed by atoms with van der Waals surface area (Å²) in [5.41, 5.74) is 1.16. The molecule has 1 aliphatic heterocycles. The van der Waals surface area contributed by atoms with Gasteiger partial charge in [0.15, 0.2) is 0 Å². The number of fused-ring (bicyclic) bond motifs is 2. The van der Waals surface area contributed by atoms with Crippen molar-refractivity contribution in [2.24, 2.45) is 0 Å². The van der Waals surface area contributed by atoms with Crippen molar-refractivity contribution in [3.8, 4) is 5.75 Å². The molecule has 0 fully saturated rings. The van der Waals surface area contributed by atoms with E-state index >= 15 is 0 Å². The fourth-order valence-electron chi connectivity index (χ4n) is 3.37. The summed E-state index contributed by atoms with van der Waals surface area (Å²) < 4.78 is 17.1. The predicted octanol–water partition coefficient (Wildman–Crippen LogP) is 3.45. The van der Waals surface area contributed by atoms with E-state index in [1.807, 2.05) is 38.1 Å². The predicted molar refractivity (Wildman–Crippen MR) is 103 cm³/mol. The van der Waals surface area contributed by atoms with E-state index in [4.69, 9.17) is 13.9 Å². The monoisotopic (exact) mass is 379 g/mol. The molecule has 1 aliphatic rings. The Morgan fingerprint density at radius 1 is 1.25 bits per heavy atom. The van der Waals surface area contributed by atoms with E-state index in [2.05, 4.69) is 4.98 Å². The van der Waals surface area contributed by atoms with Crippen molar-refractivity contribution in [2.75, 3.05) is 0 Å². The third kappa shape index (κ3) is 3.76. The van der Waals surface area contributed by atoms with Crippen molar-refractivity contribution in [1.82, 2.24) is 4.98 Å². The zero-order valence-corrected chi connectivity index (χ0v) is 15.8. The Bertz CT molecular complexity index is 1070. The van der Waals surface area contributed by atoms with Crippen molar-refractivity contribution >= 4 is 16.9 Å². The van der Waals surface area contributed by atoms with Crippen LogP contribution in [0.2, 0.25) is 0 Å². The highest BCUT2D eigenvalue weighted by Gasteiger charge is 2.40. The van der Waals surface area contributed by atoms with Gasteiger partial charge in [-0.1, -0.05) is 6.07 Å². The molecule has 1 aromatic carbocycles. The molecule has 6 nitrogen and oxygen atoms in total. The minimum Gasteiger partial charge on any atom is -0.484 e. The number of aryl methyl sites for hydroxylation is 1. The number of esters is 1. The van der Waals surface area contributed by atoms with E-state index in [1.54, 1.807) is 18.3 Å². The Morgan fingerprint density at radius 3 is 2.89 bits per heavy atom. The molecule has 0 aliphatic carbocycles. The number of benzene rings is 1. The molecule has 28 heavy (non-hydrogen) atoms. The lowest BCUT2D eigenvalue weighted by Crippen LogP contribution is -2.48. The lowest BCUT2D eigenvalue weighted by molar-refractivity contribution is -0.161. The summed E-state index contributed by atoms with van der Waals surface area (Å²) in [6, 6.07) is 12.4. The van der Waals surface area contributed by atoms with Crippen LogP contribution in [0.1, 0.15) is 31.5 Å². The first-order valence-corrected chi connectivity index (χ1v) is 9.26. The minimum atomic E-state index is -0.698.